The van der Waals surface area contributed by atoms with E-state index in [9.17, 15) is 9.18 Å². The van der Waals surface area contributed by atoms with Crippen molar-refractivity contribution in [1.29, 1.82) is 0 Å². The number of carbonyl (C=O) groups is 1. The van der Waals surface area contributed by atoms with Crippen LogP contribution in [0.5, 0.6) is 5.75 Å². The Morgan fingerprint density at radius 1 is 1.00 bits per heavy atom. The number of hydrogen-bond acceptors (Lipinski definition) is 5. The Labute approximate surface area is 184 Å². The Morgan fingerprint density at radius 3 is 2.42 bits per heavy atom. The van der Waals surface area contributed by atoms with Gasteiger partial charge in [0.25, 0.3) is 0 Å². The number of methoxy groups -OCH3 is 1. The maximum absolute atomic E-state index is 13.4. The van der Waals surface area contributed by atoms with Crippen LogP contribution in [0.2, 0.25) is 0 Å². The van der Waals surface area contributed by atoms with E-state index in [4.69, 9.17) is 14.7 Å². The number of fused-ring (bicyclic) bond motifs is 1. The molecule has 1 amide bonds. The molecule has 1 aliphatic heterocycles. The molecule has 4 rings (SSSR count). The van der Waals surface area contributed by atoms with Crippen molar-refractivity contribution in [3.63, 3.8) is 0 Å². The molecule has 0 aliphatic carbocycles. The van der Waals surface area contributed by atoms with Crippen LogP contribution < -0.4 is 10.1 Å². The molecule has 0 aromatic heterocycles. The zero-order chi connectivity index (χ0) is 21.6. The van der Waals surface area contributed by atoms with Gasteiger partial charge >= 0.3 is 0 Å². The number of hydrogen-bond donors (Lipinski definition) is 1. The minimum absolute atomic E-state index is 0.157. The number of nitrogens with one attached hydrogen (secondary N) is 1. The van der Waals surface area contributed by atoms with Crippen molar-refractivity contribution in [2.75, 3.05) is 18.2 Å². The molecule has 3 aromatic rings. The van der Waals surface area contributed by atoms with E-state index in [-0.39, 0.29) is 17.5 Å². The quantitative estimate of drug-likeness (QED) is 0.556. The zero-order valence-electron chi connectivity index (χ0n) is 16.8. The molecule has 156 valence electrons. The van der Waals surface area contributed by atoms with E-state index in [1.165, 1.54) is 23.9 Å². The summed E-state index contributed by atoms with van der Waals surface area (Å²) < 4.78 is 18.7. The lowest BCUT2D eigenvalue weighted by atomic mass is 10.1. The second-order valence-corrected chi connectivity index (χ2v) is 7.82. The molecule has 5 nitrogen and oxygen atoms in total. The van der Waals surface area contributed by atoms with Crippen LogP contribution in [0.1, 0.15) is 12.0 Å². The number of amides is 1. The van der Waals surface area contributed by atoms with E-state index in [2.05, 4.69) is 5.32 Å². The van der Waals surface area contributed by atoms with Crippen molar-refractivity contribution in [3.05, 3.63) is 84.2 Å². The maximum Gasteiger partial charge on any atom is 0.234 e. The molecule has 31 heavy (non-hydrogen) atoms. The Kier molecular flexibility index (Phi) is 6.43. The number of carbonyl (C=O) groups excluding carboxylic acids is 1. The fraction of sp³-hybridized carbons (Fsp3) is 0.125. The molecule has 0 fully saturated rings. The summed E-state index contributed by atoms with van der Waals surface area (Å²) >= 11 is 1.36. The third-order valence-corrected chi connectivity index (χ3v) is 5.60. The summed E-state index contributed by atoms with van der Waals surface area (Å²) in [5.41, 5.74) is 3.71. The standard InChI is InChI=1S/C24H20FN3O2S/c1-30-22-9-5-4-8-20(22)27-23(29)15-31-24-14-21(16-10-12-17(25)13-11-16)26-18-6-2-3-7-19(18)28-24/h2-13H,14-15H2,1H3,(H,27,29). The van der Waals surface area contributed by atoms with Crippen LogP contribution in [0.4, 0.5) is 21.5 Å². The van der Waals surface area contributed by atoms with E-state index in [1.54, 1.807) is 31.4 Å². The molecular weight excluding hydrogens is 413 g/mol. The highest BCUT2D eigenvalue weighted by molar-refractivity contribution is 8.14. The van der Waals surface area contributed by atoms with E-state index in [0.717, 1.165) is 27.7 Å². The van der Waals surface area contributed by atoms with Crippen molar-refractivity contribution in [1.82, 2.24) is 0 Å². The molecule has 3 aromatic carbocycles. The number of nitrogens with zero attached hydrogens (tertiary/aromatic N) is 2. The number of ether oxygens (including phenoxy) is 1. The summed E-state index contributed by atoms with van der Waals surface area (Å²) in [6.45, 7) is 0. The molecule has 0 saturated carbocycles. The third-order valence-electron chi connectivity index (χ3n) is 4.63. The van der Waals surface area contributed by atoms with Crippen LogP contribution in [0, 0.1) is 5.82 Å². The lowest BCUT2D eigenvalue weighted by Crippen LogP contribution is -2.16. The number of benzene rings is 3. The molecule has 7 heteroatoms. The first kappa shape index (κ1) is 20.8. The monoisotopic (exact) mass is 433 g/mol. The summed E-state index contributed by atoms with van der Waals surface area (Å²) in [6.07, 6.45) is 0.451. The van der Waals surface area contributed by atoms with Gasteiger partial charge in [0, 0.05) is 6.42 Å². The molecule has 0 spiro atoms. The van der Waals surface area contributed by atoms with Crippen LogP contribution in [-0.4, -0.2) is 29.5 Å². The summed E-state index contributed by atoms with van der Waals surface area (Å²) in [5, 5.41) is 3.64. The molecule has 0 unspecified atom stereocenters. The highest BCUT2D eigenvalue weighted by atomic mass is 32.2. The minimum atomic E-state index is -0.297. The minimum Gasteiger partial charge on any atom is -0.495 e. The van der Waals surface area contributed by atoms with Crippen molar-refractivity contribution in [2.24, 2.45) is 9.98 Å². The maximum atomic E-state index is 13.4. The number of anilines is 1. The van der Waals surface area contributed by atoms with Crippen molar-refractivity contribution in [3.8, 4) is 5.75 Å². The third kappa shape index (κ3) is 5.19. The summed E-state index contributed by atoms with van der Waals surface area (Å²) in [5.74, 6) is 0.340. The highest BCUT2D eigenvalue weighted by Gasteiger charge is 2.17. The van der Waals surface area contributed by atoms with Crippen LogP contribution in [0.3, 0.4) is 0 Å². The fourth-order valence-corrected chi connectivity index (χ4v) is 3.90. The summed E-state index contributed by atoms with van der Waals surface area (Å²) in [7, 11) is 1.56. The first-order chi connectivity index (χ1) is 15.1. The van der Waals surface area contributed by atoms with Gasteiger partial charge in [0.05, 0.1) is 40.7 Å². The van der Waals surface area contributed by atoms with Gasteiger partial charge in [-0.3, -0.25) is 9.79 Å². The van der Waals surface area contributed by atoms with E-state index < -0.39 is 0 Å². The van der Waals surface area contributed by atoms with Gasteiger partial charge in [-0.2, -0.15) is 0 Å². The van der Waals surface area contributed by atoms with Crippen LogP contribution in [0.15, 0.2) is 82.8 Å². The van der Waals surface area contributed by atoms with Gasteiger partial charge in [0.2, 0.25) is 5.91 Å². The van der Waals surface area contributed by atoms with Gasteiger partial charge in [-0.05, 0) is 42.0 Å². The first-order valence-electron chi connectivity index (χ1n) is 9.68. The van der Waals surface area contributed by atoms with Gasteiger partial charge in [0.1, 0.15) is 11.6 Å². The van der Waals surface area contributed by atoms with E-state index >= 15 is 0 Å². The lowest BCUT2D eigenvalue weighted by molar-refractivity contribution is -0.113. The van der Waals surface area contributed by atoms with Crippen molar-refractivity contribution < 1.29 is 13.9 Å². The van der Waals surface area contributed by atoms with Crippen LogP contribution >= 0.6 is 11.8 Å². The second-order valence-electron chi connectivity index (χ2n) is 6.77. The predicted molar refractivity (Wildman–Crippen MR) is 125 cm³/mol. The normalized spacial score (nSPS) is 12.8. The SMILES string of the molecule is COc1ccccc1NC(=O)CSC1=Nc2ccccc2N=C(c2ccc(F)cc2)C1. The highest BCUT2D eigenvalue weighted by Crippen LogP contribution is 2.33. The van der Waals surface area contributed by atoms with Crippen molar-refractivity contribution >= 4 is 45.5 Å². The predicted octanol–water partition coefficient (Wildman–Crippen LogP) is 5.76. The number of aliphatic imine (C=N–C) groups is 2. The van der Waals surface area contributed by atoms with E-state index in [1.807, 2.05) is 36.4 Å². The largest absolute Gasteiger partial charge is 0.495 e. The first-order valence-corrected chi connectivity index (χ1v) is 10.7. The van der Waals surface area contributed by atoms with Gasteiger partial charge in [-0.25, -0.2) is 9.38 Å². The number of rotatable bonds is 5. The number of halogens is 1. The Morgan fingerprint density at radius 2 is 1.68 bits per heavy atom. The molecule has 0 radical (unpaired) electrons. The Bertz CT molecular complexity index is 1160. The van der Waals surface area contributed by atoms with Crippen molar-refractivity contribution in [2.45, 2.75) is 6.42 Å². The lowest BCUT2D eigenvalue weighted by Gasteiger charge is -2.10. The number of thioether (sulfide) groups is 1. The fourth-order valence-electron chi connectivity index (χ4n) is 3.13. The molecule has 1 N–H and O–H groups in total. The molecule has 1 heterocycles. The molecular formula is C24H20FN3O2S. The molecule has 1 aliphatic rings. The van der Waals surface area contributed by atoms with Crippen LogP contribution in [-0.2, 0) is 4.79 Å². The smallest absolute Gasteiger partial charge is 0.234 e. The molecule has 0 bridgehead atoms. The zero-order valence-corrected chi connectivity index (χ0v) is 17.7. The average Bonchev–Trinajstić information content (AvgIpc) is 2.98. The average molecular weight is 434 g/mol. The van der Waals surface area contributed by atoms with Crippen LogP contribution in [0.25, 0.3) is 0 Å². The molecule has 0 atom stereocenters. The second kappa shape index (κ2) is 9.57. The Balaban J connectivity index is 1.52. The Hall–Kier alpha value is -3.45. The van der Waals surface area contributed by atoms with Gasteiger partial charge in [0.15, 0.2) is 0 Å². The van der Waals surface area contributed by atoms with Gasteiger partial charge in [-0.15, -0.1) is 11.8 Å². The molecule has 0 saturated heterocycles. The topological polar surface area (TPSA) is 63.0 Å². The van der Waals surface area contributed by atoms with Gasteiger partial charge in [-0.1, -0.05) is 36.4 Å². The number of para-hydroxylation sites is 4. The van der Waals surface area contributed by atoms with Gasteiger partial charge < -0.3 is 10.1 Å². The van der Waals surface area contributed by atoms with E-state index in [0.29, 0.717) is 17.9 Å². The summed E-state index contributed by atoms with van der Waals surface area (Å²) in [4.78, 5) is 22.0. The summed E-state index contributed by atoms with van der Waals surface area (Å²) in [6, 6.07) is 21.1.